The van der Waals surface area contributed by atoms with Gasteiger partial charge in [0.1, 0.15) is 0 Å². The molecule has 1 atom stereocenters. The van der Waals surface area contributed by atoms with Gasteiger partial charge < -0.3 is 10.1 Å². The third kappa shape index (κ3) is 4.84. The van der Waals surface area contributed by atoms with Gasteiger partial charge >= 0.3 is 6.18 Å². The molecule has 4 nitrogen and oxygen atoms in total. The normalized spacial score (nSPS) is 19.4. The SMILES string of the molecule is Cc1cc(C)cc(C2(C(=O)NCC(c3ccc(C(F)(F)F)cc3)N3CCOCC3)CC2)c1. The number of halogens is 3. The minimum Gasteiger partial charge on any atom is -0.379 e. The van der Waals surface area contributed by atoms with E-state index >= 15 is 0 Å². The maximum atomic E-state index is 13.3. The van der Waals surface area contributed by atoms with Crippen molar-refractivity contribution in [3.05, 3.63) is 70.3 Å². The molecule has 0 aromatic heterocycles. The van der Waals surface area contributed by atoms with Crippen LogP contribution >= 0.6 is 0 Å². The molecule has 0 radical (unpaired) electrons. The zero-order valence-electron chi connectivity index (χ0n) is 18.5. The average Bonchev–Trinajstić information content (AvgIpc) is 3.56. The molecule has 172 valence electrons. The van der Waals surface area contributed by atoms with Crippen molar-refractivity contribution in [1.29, 1.82) is 0 Å². The third-order valence-corrected chi connectivity index (χ3v) is 6.52. The van der Waals surface area contributed by atoms with E-state index in [1.807, 2.05) is 13.8 Å². The number of amides is 1. The topological polar surface area (TPSA) is 41.6 Å². The van der Waals surface area contributed by atoms with Gasteiger partial charge in [-0.1, -0.05) is 41.5 Å². The number of benzene rings is 2. The van der Waals surface area contributed by atoms with E-state index in [1.54, 1.807) is 0 Å². The van der Waals surface area contributed by atoms with Crippen molar-refractivity contribution in [3.8, 4) is 0 Å². The third-order valence-electron chi connectivity index (χ3n) is 6.52. The first kappa shape index (κ1) is 22.8. The molecule has 1 aliphatic carbocycles. The van der Waals surface area contributed by atoms with E-state index < -0.39 is 17.2 Å². The summed E-state index contributed by atoms with van der Waals surface area (Å²) in [4.78, 5) is 15.4. The molecule has 1 N–H and O–H groups in total. The first-order valence-electron chi connectivity index (χ1n) is 11.1. The van der Waals surface area contributed by atoms with Crippen molar-refractivity contribution in [1.82, 2.24) is 10.2 Å². The van der Waals surface area contributed by atoms with Crippen LogP contribution in [0.25, 0.3) is 0 Å². The van der Waals surface area contributed by atoms with Crippen LogP contribution in [-0.2, 0) is 21.1 Å². The second-order valence-corrected chi connectivity index (χ2v) is 8.95. The molecule has 32 heavy (non-hydrogen) atoms. The van der Waals surface area contributed by atoms with Crippen LogP contribution in [0.2, 0.25) is 0 Å². The molecule has 0 bridgehead atoms. The number of nitrogens with one attached hydrogen (secondary N) is 1. The summed E-state index contributed by atoms with van der Waals surface area (Å²) in [5.41, 5.74) is 2.91. The lowest BCUT2D eigenvalue weighted by Crippen LogP contribution is -2.45. The maximum Gasteiger partial charge on any atom is 0.416 e. The Morgan fingerprint density at radius 3 is 2.19 bits per heavy atom. The van der Waals surface area contributed by atoms with Gasteiger partial charge in [0.25, 0.3) is 0 Å². The molecule has 2 aliphatic rings. The Balaban J connectivity index is 1.52. The Morgan fingerprint density at radius 1 is 1.06 bits per heavy atom. The first-order valence-corrected chi connectivity index (χ1v) is 11.1. The van der Waals surface area contributed by atoms with Gasteiger partial charge in [-0.3, -0.25) is 9.69 Å². The lowest BCUT2D eigenvalue weighted by molar-refractivity contribution is -0.137. The average molecular weight is 447 g/mol. The molecular formula is C25H29F3N2O2. The van der Waals surface area contributed by atoms with E-state index in [2.05, 4.69) is 28.4 Å². The quantitative estimate of drug-likeness (QED) is 0.708. The Hall–Kier alpha value is -2.38. The standard InChI is InChI=1S/C25H29F3N2O2/c1-17-13-18(2)15-21(14-17)24(7-8-24)23(31)29-16-22(30-9-11-32-12-10-30)19-3-5-20(6-4-19)25(26,27)28/h3-6,13-15,22H,7-12,16H2,1-2H3,(H,29,31). The summed E-state index contributed by atoms with van der Waals surface area (Å²) in [7, 11) is 0. The fraction of sp³-hybridized carbons (Fsp3) is 0.480. The van der Waals surface area contributed by atoms with E-state index in [9.17, 15) is 18.0 Å². The number of carbonyl (C=O) groups is 1. The summed E-state index contributed by atoms with van der Waals surface area (Å²) in [5, 5.41) is 3.12. The molecule has 2 fully saturated rings. The van der Waals surface area contributed by atoms with E-state index in [-0.39, 0.29) is 11.9 Å². The largest absolute Gasteiger partial charge is 0.416 e. The van der Waals surface area contributed by atoms with Crippen LogP contribution in [0.1, 0.15) is 46.7 Å². The zero-order valence-corrected chi connectivity index (χ0v) is 18.5. The van der Waals surface area contributed by atoms with Crippen LogP contribution in [0.5, 0.6) is 0 Å². The number of alkyl halides is 3. The van der Waals surface area contributed by atoms with Gasteiger partial charge in [-0.25, -0.2) is 0 Å². The molecule has 1 saturated carbocycles. The van der Waals surface area contributed by atoms with E-state index in [0.717, 1.165) is 47.2 Å². The van der Waals surface area contributed by atoms with Crippen molar-refractivity contribution < 1.29 is 22.7 Å². The Kier molecular flexibility index (Phi) is 6.32. The number of hydrogen-bond donors (Lipinski definition) is 1. The summed E-state index contributed by atoms with van der Waals surface area (Å²) in [6.45, 7) is 6.88. The highest BCUT2D eigenvalue weighted by Gasteiger charge is 2.51. The fourth-order valence-electron chi connectivity index (χ4n) is 4.62. The summed E-state index contributed by atoms with van der Waals surface area (Å²) in [6, 6.07) is 11.3. The maximum absolute atomic E-state index is 13.3. The molecule has 2 aromatic rings. The van der Waals surface area contributed by atoms with Crippen LogP contribution in [0, 0.1) is 13.8 Å². The smallest absolute Gasteiger partial charge is 0.379 e. The monoisotopic (exact) mass is 446 g/mol. The van der Waals surface area contributed by atoms with Gasteiger partial charge in [0.05, 0.1) is 30.2 Å². The summed E-state index contributed by atoms with van der Waals surface area (Å²) in [6.07, 6.45) is -2.75. The molecule has 1 amide bonds. The number of ether oxygens (including phenoxy) is 1. The van der Waals surface area contributed by atoms with Crippen molar-refractivity contribution in [2.45, 2.75) is 44.3 Å². The molecule has 1 heterocycles. The molecule has 2 aromatic carbocycles. The lowest BCUT2D eigenvalue weighted by Gasteiger charge is -2.35. The highest BCUT2D eigenvalue weighted by Crippen LogP contribution is 2.49. The van der Waals surface area contributed by atoms with Gasteiger partial charge in [-0.05, 0) is 49.9 Å². The van der Waals surface area contributed by atoms with Crippen LogP contribution < -0.4 is 5.32 Å². The number of aryl methyl sites for hydroxylation is 2. The highest BCUT2D eigenvalue weighted by molar-refractivity contribution is 5.91. The zero-order chi connectivity index (χ0) is 22.9. The van der Waals surface area contributed by atoms with Crippen molar-refractivity contribution in [2.75, 3.05) is 32.8 Å². The molecule has 7 heteroatoms. The predicted molar refractivity (Wildman–Crippen MR) is 116 cm³/mol. The number of rotatable bonds is 6. The Morgan fingerprint density at radius 2 is 1.66 bits per heavy atom. The summed E-state index contributed by atoms with van der Waals surface area (Å²) >= 11 is 0. The summed E-state index contributed by atoms with van der Waals surface area (Å²) < 4.78 is 44.4. The molecule has 1 aliphatic heterocycles. The molecule has 0 spiro atoms. The molecule has 1 unspecified atom stereocenters. The van der Waals surface area contributed by atoms with Crippen molar-refractivity contribution in [2.24, 2.45) is 0 Å². The van der Waals surface area contributed by atoms with Gasteiger partial charge in [-0.15, -0.1) is 0 Å². The number of hydrogen-bond acceptors (Lipinski definition) is 3. The van der Waals surface area contributed by atoms with Crippen LogP contribution in [-0.4, -0.2) is 43.7 Å². The van der Waals surface area contributed by atoms with Crippen LogP contribution in [0.15, 0.2) is 42.5 Å². The van der Waals surface area contributed by atoms with Gasteiger partial charge in [0.2, 0.25) is 5.91 Å². The minimum atomic E-state index is -4.37. The van der Waals surface area contributed by atoms with E-state index in [0.29, 0.717) is 32.8 Å². The van der Waals surface area contributed by atoms with Crippen LogP contribution in [0.4, 0.5) is 13.2 Å². The first-order chi connectivity index (χ1) is 15.2. The van der Waals surface area contributed by atoms with Gasteiger partial charge in [0.15, 0.2) is 0 Å². The van der Waals surface area contributed by atoms with E-state index in [1.165, 1.54) is 12.1 Å². The van der Waals surface area contributed by atoms with Gasteiger partial charge in [-0.2, -0.15) is 13.2 Å². The van der Waals surface area contributed by atoms with Crippen LogP contribution in [0.3, 0.4) is 0 Å². The van der Waals surface area contributed by atoms with Crippen molar-refractivity contribution >= 4 is 5.91 Å². The fourth-order valence-corrected chi connectivity index (χ4v) is 4.62. The minimum absolute atomic E-state index is 0.00679. The molecule has 1 saturated heterocycles. The second-order valence-electron chi connectivity index (χ2n) is 8.95. The van der Waals surface area contributed by atoms with E-state index in [4.69, 9.17) is 4.74 Å². The lowest BCUT2D eigenvalue weighted by atomic mass is 9.91. The number of morpholine rings is 1. The Bertz CT molecular complexity index is 942. The Labute approximate surface area is 186 Å². The number of nitrogens with zero attached hydrogens (tertiary/aromatic N) is 1. The molecular weight excluding hydrogens is 417 g/mol. The van der Waals surface area contributed by atoms with Crippen molar-refractivity contribution in [3.63, 3.8) is 0 Å². The second kappa shape index (κ2) is 8.87. The predicted octanol–water partition coefficient (Wildman–Crippen LogP) is 4.54. The molecule has 4 rings (SSSR count). The highest BCUT2D eigenvalue weighted by atomic mass is 19.4. The van der Waals surface area contributed by atoms with Gasteiger partial charge in [0, 0.05) is 19.6 Å². The number of carbonyl (C=O) groups excluding carboxylic acids is 1. The summed E-state index contributed by atoms with van der Waals surface area (Å²) in [5.74, 6) is -0.00679.